The maximum Gasteiger partial charge on any atom is 0.321 e. The molecule has 0 bridgehead atoms. The number of likely N-dealkylation sites (tertiary alicyclic amines) is 1. The number of esters is 1. The molecule has 2 aromatic rings. The van der Waals surface area contributed by atoms with Crippen LogP contribution in [0.25, 0.3) is 0 Å². The SMILES string of the molecule is CCOc1ccccc1NC(=O)COC(=O)C1CCCN(C(=O)Nc2ccccc2)C1. The monoisotopic (exact) mass is 425 g/mol. The van der Waals surface area contributed by atoms with Crippen LogP contribution in [-0.2, 0) is 14.3 Å². The van der Waals surface area contributed by atoms with Crippen LogP contribution in [0.1, 0.15) is 19.8 Å². The third-order valence-electron chi connectivity index (χ3n) is 4.87. The summed E-state index contributed by atoms with van der Waals surface area (Å²) in [6, 6.07) is 15.9. The Hall–Kier alpha value is -3.55. The number of urea groups is 1. The summed E-state index contributed by atoms with van der Waals surface area (Å²) in [5.74, 6) is -0.837. The molecule has 1 aliphatic heterocycles. The molecule has 0 radical (unpaired) electrons. The van der Waals surface area contributed by atoms with Crippen molar-refractivity contribution in [2.45, 2.75) is 19.8 Å². The Kier molecular flexibility index (Phi) is 7.86. The van der Waals surface area contributed by atoms with Gasteiger partial charge in [-0.2, -0.15) is 0 Å². The fraction of sp³-hybridized carbons (Fsp3) is 0.348. The predicted octanol–water partition coefficient (Wildman–Crippen LogP) is 3.51. The Bertz CT molecular complexity index is 903. The molecule has 1 unspecified atom stereocenters. The highest BCUT2D eigenvalue weighted by Crippen LogP contribution is 2.24. The van der Waals surface area contributed by atoms with E-state index in [1.54, 1.807) is 35.2 Å². The first-order valence-corrected chi connectivity index (χ1v) is 10.4. The number of nitrogens with zero attached hydrogens (tertiary/aromatic N) is 1. The molecule has 8 nitrogen and oxygen atoms in total. The molecule has 3 rings (SSSR count). The van der Waals surface area contributed by atoms with E-state index in [0.717, 1.165) is 0 Å². The van der Waals surface area contributed by atoms with Gasteiger partial charge in [0.25, 0.3) is 5.91 Å². The van der Waals surface area contributed by atoms with E-state index in [9.17, 15) is 14.4 Å². The van der Waals surface area contributed by atoms with Gasteiger partial charge in [0.15, 0.2) is 6.61 Å². The van der Waals surface area contributed by atoms with Crippen molar-refractivity contribution in [1.82, 2.24) is 4.90 Å². The van der Waals surface area contributed by atoms with E-state index < -0.39 is 24.4 Å². The summed E-state index contributed by atoms with van der Waals surface area (Å²) in [7, 11) is 0. The van der Waals surface area contributed by atoms with Crippen molar-refractivity contribution in [3.63, 3.8) is 0 Å². The Balaban J connectivity index is 1.47. The lowest BCUT2D eigenvalue weighted by Crippen LogP contribution is -2.45. The molecule has 1 aliphatic rings. The van der Waals surface area contributed by atoms with Crippen LogP contribution >= 0.6 is 0 Å². The third-order valence-corrected chi connectivity index (χ3v) is 4.87. The van der Waals surface area contributed by atoms with Gasteiger partial charge in [-0.15, -0.1) is 0 Å². The average molecular weight is 425 g/mol. The molecule has 31 heavy (non-hydrogen) atoms. The molecule has 0 spiro atoms. The number of carbonyl (C=O) groups excluding carboxylic acids is 3. The molecule has 0 saturated carbocycles. The summed E-state index contributed by atoms with van der Waals surface area (Å²) in [5, 5.41) is 5.52. The first-order valence-electron chi connectivity index (χ1n) is 10.4. The van der Waals surface area contributed by atoms with Crippen molar-refractivity contribution in [1.29, 1.82) is 0 Å². The standard InChI is InChI=1S/C23H27N3O5/c1-2-30-20-13-7-6-12-19(20)25-21(27)16-31-22(28)17-9-8-14-26(15-17)23(29)24-18-10-4-3-5-11-18/h3-7,10-13,17H,2,8-9,14-16H2,1H3,(H,24,29)(H,25,27). The van der Waals surface area contributed by atoms with Gasteiger partial charge >= 0.3 is 12.0 Å². The summed E-state index contributed by atoms with van der Waals surface area (Å²) in [6.07, 6.45) is 1.30. The van der Waals surface area contributed by atoms with Gasteiger partial charge in [0, 0.05) is 18.8 Å². The fourth-order valence-electron chi connectivity index (χ4n) is 3.37. The molecule has 3 amide bonds. The topological polar surface area (TPSA) is 97.0 Å². The van der Waals surface area contributed by atoms with Crippen LogP contribution in [0.3, 0.4) is 0 Å². The van der Waals surface area contributed by atoms with Crippen LogP contribution in [0, 0.1) is 5.92 Å². The Labute approximate surface area is 181 Å². The van der Waals surface area contributed by atoms with Crippen molar-refractivity contribution in [2.75, 3.05) is 36.9 Å². The number of rotatable bonds is 7. The normalized spacial score (nSPS) is 15.6. The lowest BCUT2D eigenvalue weighted by molar-refractivity contribution is -0.152. The highest BCUT2D eigenvalue weighted by atomic mass is 16.5. The van der Waals surface area contributed by atoms with E-state index in [0.29, 0.717) is 43.1 Å². The van der Waals surface area contributed by atoms with Crippen LogP contribution in [0.15, 0.2) is 54.6 Å². The van der Waals surface area contributed by atoms with E-state index in [1.807, 2.05) is 31.2 Å². The van der Waals surface area contributed by atoms with Crippen molar-refractivity contribution < 1.29 is 23.9 Å². The Morgan fingerprint density at radius 2 is 1.77 bits per heavy atom. The number of hydrogen-bond acceptors (Lipinski definition) is 5. The lowest BCUT2D eigenvalue weighted by atomic mass is 9.98. The zero-order valence-corrected chi connectivity index (χ0v) is 17.5. The van der Waals surface area contributed by atoms with Gasteiger partial charge in [0.2, 0.25) is 0 Å². The van der Waals surface area contributed by atoms with Crippen LogP contribution in [0.4, 0.5) is 16.2 Å². The predicted molar refractivity (Wildman–Crippen MR) is 117 cm³/mol. The lowest BCUT2D eigenvalue weighted by Gasteiger charge is -2.31. The number of para-hydroxylation sites is 3. The molecule has 1 heterocycles. The summed E-state index contributed by atoms with van der Waals surface area (Å²) < 4.78 is 10.7. The molecule has 2 aromatic carbocycles. The van der Waals surface area contributed by atoms with Gasteiger partial charge < -0.3 is 25.0 Å². The van der Waals surface area contributed by atoms with Gasteiger partial charge in [-0.3, -0.25) is 9.59 Å². The maximum absolute atomic E-state index is 12.5. The third kappa shape index (κ3) is 6.47. The first-order chi connectivity index (χ1) is 15.1. The van der Waals surface area contributed by atoms with Gasteiger partial charge in [0.05, 0.1) is 18.2 Å². The van der Waals surface area contributed by atoms with Crippen molar-refractivity contribution in [2.24, 2.45) is 5.92 Å². The number of anilines is 2. The highest BCUT2D eigenvalue weighted by Gasteiger charge is 2.30. The summed E-state index contributed by atoms with van der Waals surface area (Å²) in [6.45, 7) is 2.75. The number of amides is 3. The quantitative estimate of drug-likeness (QED) is 0.662. The first kappa shape index (κ1) is 22.1. The molecule has 8 heteroatoms. The molecule has 164 valence electrons. The molecule has 1 saturated heterocycles. The highest BCUT2D eigenvalue weighted by molar-refractivity contribution is 5.94. The van der Waals surface area contributed by atoms with E-state index in [2.05, 4.69) is 10.6 Å². The largest absolute Gasteiger partial charge is 0.492 e. The van der Waals surface area contributed by atoms with Gasteiger partial charge in [-0.25, -0.2) is 4.79 Å². The minimum absolute atomic E-state index is 0.256. The van der Waals surface area contributed by atoms with Gasteiger partial charge in [0.1, 0.15) is 5.75 Å². The second-order valence-electron chi connectivity index (χ2n) is 7.17. The second kappa shape index (κ2) is 11.0. The van der Waals surface area contributed by atoms with Crippen LogP contribution < -0.4 is 15.4 Å². The zero-order chi connectivity index (χ0) is 22.1. The van der Waals surface area contributed by atoms with E-state index >= 15 is 0 Å². The number of piperidine rings is 1. The average Bonchev–Trinajstić information content (AvgIpc) is 2.79. The van der Waals surface area contributed by atoms with Crippen LogP contribution in [-0.4, -0.2) is 49.1 Å². The van der Waals surface area contributed by atoms with Crippen molar-refractivity contribution in [3.05, 3.63) is 54.6 Å². The number of hydrogen-bond donors (Lipinski definition) is 2. The minimum atomic E-state index is -0.481. The molecule has 0 aromatic heterocycles. The molecule has 2 N–H and O–H groups in total. The minimum Gasteiger partial charge on any atom is -0.492 e. The molecule has 1 fully saturated rings. The van der Waals surface area contributed by atoms with Crippen molar-refractivity contribution >= 4 is 29.3 Å². The maximum atomic E-state index is 12.5. The zero-order valence-electron chi connectivity index (χ0n) is 17.5. The molecular weight excluding hydrogens is 398 g/mol. The number of ether oxygens (including phenoxy) is 2. The van der Waals surface area contributed by atoms with E-state index in [4.69, 9.17) is 9.47 Å². The fourth-order valence-corrected chi connectivity index (χ4v) is 3.37. The summed E-state index contributed by atoms with van der Waals surface area (Å²) in [5.41, 5.74) is 1.22. The summed E-state index contributed by atoms with van der Waals surface area (Å²) >= 11 is 0. The number of carbonyl (C=O) groups is 3. The second-order valence-corrected chi connectivity index (χ2v) is 7.17. The number of benzene rings is 2. The van der Waals surface area contributed by atoms with Crippen LogP contribution in [0.2, 0.25) is 0 Å². The van der Waals surface area contributed by atoms with Crippen molar-refractivity contribution in [3.8, 4) is 5.75 Å². The van der Waals surface area contributed by atoms with E-state index in [1.165, 1.54) is 0 Å². The smallest absolute Gasteiger partial charge is 0.321 e. The molecule has 0 aliphatic carbocycles. The molecular formula is C23H27N3O5. The van der Waals surface area contributed by atoms with Gasteiger partial charge in [-0.05, 0) is 44.0 Å². The molecule has 1 atom stereocenters. The summed E-state index contributed by atoms with van der Waals surface area (Å²) in [4.78, 5) is 38.8. The van der Waals surface area contributed by atoms with Gasteiger partial charge in [-0.1, -0.05) is 30.3 Å². The number of nitrogens with one attached hydrogen (secondary N) is 2. The Morgan fingerprint density at radius 1 is 1.03 bits per heavy atom. The van der Waals surface area contributed by atoms with Crippen LogP contribution in [0.5, 0.6) is 5.75 Å². The Morgan fingerprint density at radius 3 is 2.55 bits per heavy atom. The van der Waals surface area contributed by atoms with E-state index in [-0.39, 0.29) is 12.6 Å².